The van der Waals surface area contributed by atoms with Gasteiger partial charge in [0.25, 0.3) is 5.91 Å². The van der Waals surface area contributed by atoms with Crippen LogP contribution in [0.2, 0.25) is 0 Å². The summed E-state index contributed by atoms with van der Waals surface area (Å²) >= 11 is 0. The van der Waals surface area contributed by atoms with Gasteiger partial charge in [0.05, 0.1) is 17.5 Å². The van der Waals surface area contributed by atoms with Gasteiger partial charge in [-0.2, -0.15) is 0 Å². The van der Waals surface area contributed by atoms with E-state index in [0.29, 0.717) is 59.6 Å². The van der Waals surface area contributed by atoms with Gasteiger partial charge < -0.3 is 19.5 Å². The summed E-state index contributed by atoms with van der Waals surface area (Å²) in [7, 11) is -0.672. The Morgan fingerprint density at radius 2 is 1.86 bits per heavy atom. The molecule has 6 rings (SSSR count). The van der Waals surface area contributed by atoms with E-state index < -0.39 is 27.6 Å². The van der Waals surface area contributed by atoms with Crippen molar-refractivity contribution in [2.75, 3.05) is 37.7 Å². The van der Waals surface area contributed by atoms with Gasteiger partial charge >= 0.3 is 0 Å². The third-order valence-corrected chi connectivity index (χ3v) is 9.18. The van der Waals surface area contributed by atoms with Crippen LogP contribution in [0.25, 0.3) is 33.4 Å². The number of fused-ring (bicyclic) bond motifs is 2. The molecule has 2 atom stereocenters. The van der Waals surface area contributed by atoms with Gasteiger partial charge in [-0.1, -0.05) is 6.07 Å². The molecule has 2 unspecified atom stereocenters. The van der Waals surface area contributed by atoms with Crippen LogP contribution in [0, 0.1) is 17.6 Å². The Morgan fingerprint density at radius 1 is 1.09 bits per heavy atom. The van der Waals surface area contributed by atoms with Crippen molar-refractivity contribution >= 4 is 43.7 Å². The van der Waals surface area contributed by atoms with Crippen molar-refractivity contribution in [3.63, 3.8) is 0 Å². The van der Waals surface area contributed by atoms with E-state index in [4.69, 9.17) is 8.83 Å². The van der Waals surface area contributed by atoms with E-state index in [1.165, 1.54) is 48.7 Å². The first-order chi connectivity index (χ1) is 20.5. The Labute approximate surface area is 246 Å². The predicted octanol–water partition coefficient (Wildman–Crippen LogP) is 5.21. The summed E-state index contributed by atoms with van der Waals surface area (Å²) < 4.78 is 66.5. The van der Waals surface area contributed by atoms with E-state index in [2.05, 4.69) is 15.6 Å². The molecular formula is C31H30F2N4O5S. The number of amides is 1. The standard InChI is InChI=1S/C31H30F2N4O5S/c1-34-31(38)28-22-13-21(19-11-17(15-35-16-19)12-27-36-29-23(33)5-4-6-25(29)41-27)24(37(2)43(3,39)40)14-26(22)42-30(28)18-7-9-20(32)10-8-18/h4-10,13-14,17,19,35H,11-12,15-16H2,1-3H3,(H,34,38). The molecule has 0 spiro atoms. The zero-order chi connectivity index (χ0) is 30.5. The monoisotopic (exact) mass is 608 g/mol. The largest absolute Gasteiger partial charge is 0.455 e. The van der Waals surface area contributed by atoms with E-state index in [0.717, 1.165) is 11.8 Å². The third-order valence-electron chi connectivity index (χ3n) is 7.99. The van der Waals surface area contributed by atoms with Gasteiger partial charge in [0.1, 0.15) is 22.7 Å². The summed E-state index contributed by atoms with van der Waals surface area (Å²) in [5.74, 6) is -0.677. The van der Waals surface area contributed by atoms with Gasteiger partial charge in [-0.15, -0.1) is 0 Å². The maximum Gasteiger partial charge on any atom is 0.255 e. The van der Waals surface area contributed by atoms with Crippen LogP contribution in [0.4, 0.5) is 14.5 Å². The smallest absolute Gasteiger partial charge is 0.255 e. The molecule has 2 N–H and O–H groups in total. The SMILES string of the molecule is CNC(=O)c1c(-c2ccc(F)cc2)oc2cc(N(C)S(C)(=O)=O)c(C3CNCC(Cc4nc5c(F)cccc5o4)C3)cc12. The lowest BCUT2D eigenvalue weighted by Gasteiger charge is -2.32. The molecule has 43 heavy (non-hydrogen) atoms. The number of hydrogen-bond donors (Lipinski definition) is 2. The average molecular weight is 609 g/mol. The number of anilines is 1. The minimum absolute atomic E-state index is 0.0551. The molecule has 9 nitrogen and oxygen atoms in total. The van der Waals surface area contributed by atoms with Crippen molar-refractivity contribution in [1.29, 1.82) is 0 Å². The highest BCUT2D eigenvalue weighted by molar-refractivity contribution is 7.92. The van der Waals surface area contributed by atoms with Crippen molar-refractivity contribution in [3.05, 3.63) is 83.2 Å². The molecule has 1 amide bonds. The molecule has 0 radical (unpaired) electrons. The average Bonchev–Trinajstić information content (AvgIpc) is 3.57. The van der Waals surface area contributed by atoms with Crippen LogP contribution in [0.5, 0.6) is 0 Å². The van der Waals surface area contributed by atoms with Crippen LogP contribution < -0.4 is 14.9 Å². The number of hydrogen-bond acceptors (Lipinski definition) is 7. The van der Waals surface area contributed by atoms with Crippen LogP contribution in [0.3, 0.4) is 0 Å². The first-order valence-corrected chi connectivity index (χ1v) is 15.6. The first-order valence-electron chi connectivity index (χ1n) is 13.8. The van der Waals surface area contributed by atoms with Gasteiger partial charge in [-0.25, -0.2) is 22.2 Å². The Bertz CT molecular complexity index is 1950. The fraction of sp³-hybridized carbons (Fsp3) is 0.290. The number of rotatable bonds is 7. The lowest BCUT2D eigenvalue weighted by atomic mass is 9.82. The summed E-state index contributed by atoms with van der Waals surface area (Å²) in [5.41, 5.74) is 2.82. The number of nitrogens with one attached hydrogen (secondary N) is 2. The topological polar surface area (TPSA) is 118 Å². The molecule has 1 saturated heterocycles. The Balaban J connectivity index is 1.44. The summed E-state index contributed by atoms with van der Waals surface area (Å²) in [5, 5.41) is 6.60. The second kappa shape index (κ2) is 11.1. The molecule has 1 aliphatic heterocycles. The Morgan fingerprint density at radius 3 is 2.56 bits per heavy atom. The van der Waals surface area contributed by atoms with E-state index in [9.17, 15) is 22.0 Å². The number of aromatic nitrogens is 1. The van der Waals surface area contributed by atoms with Gasteiger partial charge in [0.15, 0.2) is 17.3 Å². The van der Waals surface area contributed by atoms with Gasteiger partial charge in [-0.05, 0) is 72.8 Å². The summed E-state index contributed by atoms with van der Waals surface area (Å²) in [4.78, 5) is 17.5. The molecule has 0 aliphatic carbocycles. The van der Waals surface area contributed by atoms with Crippen LogP contribution in [0.1, 0.15) is 34.2 Å². The third kappa shape index (κ3) is 5.48. The highest BCUT2D eigenvalue weighted by Gasteiger charge is 2.31. The van der Waals surface area contributed by atoms with E-state index in [-0.39, 0.29) is 28.7 Å². The second-order valence-corrected chi connectivity index (χ2v) is 12.9. The predicted molar refractivity (Wildman–Crippen MR) is 160 cm³/mol. The van der Waals surface area contributed by atoms with Crippen LogP contribution in [-0.4, -0.2) is 52.7 Å². The molecule has 3 heterocycles. The van der Waals surface area contributed by atoms with Crippen molar-refractivity contribution < 1.29 is 30.8 Å². The maximum atomic E-state index is 14.2. The molecule has 224 valence electrons. The quantitative estimate of drug-likeness (QED) is 0.261. The van der Waals surface area contributed by atoms with Gasteiger partial charge in [-0.3, -0.25) is 9.10 Å². The molecule has 1 aliphatic rings. The van der Waals surface area contributed by atoms with E-state index in [1.807, 2.05) is 6.07 Å². The first kappa shape index (κ1) is 28.8. The number of para-hydroxylation sites is 1. The summed E-state index contributed by atoms with van der Waals surface area (Å²) in [6.45, 7) is 1.23. The molecule has 12 heteroatoms. The van der Waals surface area contributed by atoms with Gasteiger partial charge in [0, 0.05) is 44.1 Å². The van der Waals surface area contributed by atoms with E-state index in [1.54, 1.807) is 18.2 Å². The molecule has 0 saturated carbocycles. The van der Waals surface area contributed by atoms with Crippen molar-refractivity contribution in [2.45, 2.75) is 18.8 Å². The highest BCUT2D eigenvalue weighted by atomic mass is 32.2. The fourth-order valence-corrected chi connectivity index (χ4v) is 6.32. The number of furan rings is 1. The maximum absolute atomic E-state index is 14.2. The highest BCUT2D eigenvalue weighted by Crippen LogP contribution is 2.42. The van der Waals surface area contributed by atoms with Crippen LogP contribution in [0.15, 0.2) is 63.4 Å². The fourth-order valence-electron chi connectivity index (χ4n) is 5.80. The summed E-state index contributed by atoms with van der Waals surface area (Å²) in [6.07, 6.45) is 2.24. The molecule has 5 aromatic rings. The minimum atomic E-state index is -3.66. The number of halogens is 2. The van der Waals surface area contributed by atoms with Crippen LogP contribution >= 0.6 is 0 Å². The lowest BCUT2D eigenvalue weighted by Crippen LogP contribution is -2.37. The van der Waals surface area contributed by atoms with Crippen molar-refractivity contribution in [1.82, 2.24) is 15.6 Å². The van der Waals surface area contributed by atoms with Crippen LogP contribution in [-0.2, 0) is 16.4 Å². The molecule has 0 bridgehead atoms. The van der Waals surface area contributed by atoms with Crippen molar-refractivity contribution in [2.24, 2.45) is 5.92 Å². The minimum Gasteiger partial charge on any atom is -0.455 e. The van der Waals surface area contributed by atoms with Crippen molar-refractivity contribution in [3.8, 4) is 11.3 Å². The molecule has 2 aromatic heterocycles. The zero-order valence-electron chi connectivity index (χ0n) is 23.8. The zero-order valence-corrected chi connectivity index (χ0v) is 24.6. The number of benzene rings is 3. The normalized spacial score (nSPS) is 17.4. The molecule has 3 aromatic carbocycles. The number of carbonyl (C=O) groups is 1. The number of oxazole rings is 1. The second-order valence-electron chi connectivity index (χ2n) is 10.9. The molecular weight excluding hydrogens is 578 g/mol. The Kier molecular flexibility index (Phi) is 7.43. The number of carbonyl (C=O) groups excluding carboxylic acids is 1. The summed E-state index contributed by atoms with van der Waals surface area (Å²) in [6, 6.07) is 13.7. The Hall–Kier alpha value is -4.29. The number of piperidine rings is 1. The van der Waals surface area contributed by atoms with E-state index >= 15 is 0 Å². The van der Waals surface area contributed by atoms with Gasteiger partial charge in [0.2, 0.25) is 10.0 Å². The lowest BCUT2D eigenvalue weighted by molar-refractivity contribution is 0.0964. The number of nitrogens with zero attached hydrogens (tertiary/aromatic N) is 2. The molecule has 1 fully saturated rings. The number of sulfonamides is 1.